The van der Waals surface area contributed by atoms with Gasteiger partial charge in [0.25, 0.3) is 5.56 Å². The van der Waals surface area contributed by atoms with Gasteiger partial charge in [-0.15, -0.1) is 10.2 Å². The molecule has 0 aliphatic carbocycles. The zero-order chi connectivity index (χ0) is 13.0. The number of hydrogen-bond acceptors (Lipinski definition) is 6. The van der Waals surface area contributed by atoms with E-state index in [4.69, 9.17) is 10.6 Å². The molecule has 4 N–H and O–H groups in total. The van der Waals surface area contributed by atoms with Gasteiger partial charge in [0.1, 0.15) is 11.4 Å². The van der Waals surface area contributed by atoms with E-state index in [-0.39, 0.29) is 11.5 Å². The number of hydrazine groups is 1. The standard InChI is InChI=1S/C11H13N5O2/c1-18-8-4-2-3-7(5-8)6-9-10(17)13-11(14-12)16-15-9/h2-5H,6,12H2,1H3,(H2,13,14,16,17). The molecule has 0 spiro atoms. The maximum absolute atomic E-state index is 11.7. The van der Waals surface area contributed by atoms with Crippen molar-refractivity contribution in [1.29, 1.82) is 0 Å². The number of rotatable bonds is 4. The summed E-state index contributed by atoms with van der Waals surface area (Å²) in [5, 5.41) is 7.55. The Labute approximate surface area is 103 Å². The number of nitrogens with two attached hydrogens (primary N) is 1. The van der Waals surface area contributed by atoms with E-state index >= 15 is 0 Å². The van der Waals surface area contributed by atoms with E-state index in [1.807, 2.05) is 24.3 Å². The predicted octanol–water partition coefficient (Wildman–Crippen LogP) is 0.0499. The topological polar surface area (TPSA) is 106 Å². The molecular weight excluding hydrogens is 234 g/mol. The molecule has 0 fully saturated rings. The molecule has 2 rings (SSSR count). The molecule has 2 aromatic rings. The number of nitrogens with zero attached hydrogens (tertiary/aromatic N) is 2. The first kappa shape index (κ1) is 12.1. The summed E-state index contributed by atoms with van der Waals surface area (Å²) >= 11 is 0. The lowest BCUT2D eigenvalue weighted by Gasteiger charge is -2.04. The SMILES string of the molecule is COc1cccc(Cc2nnc(NN)[nH]c2=O)c1. The monoisotopic (exact) mass is 247 g/mol. The normalized spacial score (nSPS) is 10.1. The van der Waals surface area contributed by atoms with Gasteiger partial charge in [0.2, 0.25) is 5.95 Å². The Kier molecular flexibility index (Phi) is 3.54. The number of aromatic amines is 1. The van der Waals surface area contributed by atoms with E-state index in [1.54, 1.807) is 7.11 Å². The van der Waals surface area contributed by atoms with Crippen LogP contribution in [0.15, 0.2) is 29.1 Å². The molecule has 94 valence electrons. The molecule has 0 radical (unpaired) electrons. The molecule has 0 saturated heterocycles. The van der Waals surface area contributed by atoms with E-state index in [2.05, 4.69) is 20.6 Å². The number of nitrogen functional groups attached to an aromatic ring is 1. The highest BCUT2D eigenvalue weighted by atomic mass is 16.5. The second-order valence-corrected chi connectivity index (χ2v) is 3.62. The third-order valence-corrected chi connectivity index (χ3v) is 2.41. The van der Waals surface area contributed by atoms with Crippen molar-refractivity contribution in [2.24, 2.45) is 5.84 Å². The minimum absolute atomic E-state index is 0.134. The Morgan fingerprint density at radius 2 is 2.28 bits per heavy atom. The van der Waals surface area contributed by atoms with Crippen LogP contribution in [0.2, 0.25) is 0 Å². The van der Waals surface area contributed by atoms with E-state index in [1.165, 1.54) is 0 Å². The molecule has 0 amide bonds. The minimum atomic E-state index is -0.319. The van der Waals surface area contributed by atoms with Crippen molar-refractivity contribution < 1.29 is 4.74 Å². The molecule has 7 heteroatoms. The first-order valence-electron chi connectivity index (χ1n) is 5.28. The summed E-state index contributed by atoms with van der Waals surface area (Å²) in [5.74, 6) is 5.99. The van der Waals surface area contributed by atoms with Gasteiger partial charge in [0.15, 0.2) is 0 Å². The summed E-state index contributed by atoms with van der Waals surface area (Å²) < 4.78 is 5.11. The molecule has 0 aliphatic heterocycles. The Bertz CT molecular complexity index is 596. The minimum Gasteiger partial charge on any atom is -0.497 e. The Morgan fingerprint density at radius 1 is 1.44 bits per heavy atom. The summed E-state index contributed by atoms with van der Waals surface area (Å²) in [6.07, 6.45) is 0.379. The predicted molar refractivity (Wildman–Crippen MR) is 66.3 cm³/mol. The van der Waals surface area contributed by atoms with Crippen molar-refractivity contribution in [2.75, 3.05) is 12.5 Å². The van der Waals surface area contributed by atoms with Crippen molar-refractivity contribution in [2.45, 2.75) is 6.42 Å². The largest absolute Gasteiger partial charge is 0.497 e. The van der Waals surface area contributed by atoms with E-state index < -0.39 is 0 Å². The van der Waals surface area contributed by atoms with Crippen LogP contribution in [0.1, 0.15) is 11.3 Å². The molecule has 0 aliphatic rings. The molecular formula is C11H13N5O2. The van der Waals surface area contributed by atoms with Crippen LogP contribution in [0.3, 0.4) is 0 Å². The lowest BCUT2D eigenvalue weighted by molar-refractivity contribution is 0.414. The van der Waals surface area contributed by atoms with E-state index in [0.29, 0.717) is 12.1 Å². The van der Waals surface area contributed by atoms with Crippen LogP contribution in [-0.4, -0.2) is 22.3 Å². The summed E-state index contributed by atoms with van der Waals surface area (Å²) in [5.41, 5.74) is 3.15. The molecule has 1 aromatic heterocycles. The fraction of sp³-hybridized carbons (Fsp3) is 0.182. The number of benzene rings is 1. The Hall–Kier alpha value is -2.41. The Balaban J connectivity index is 2.25. The molecule has 0 bridgehead atoms. The third-order valence-electron chi connectivity index (χ3n) is 2.41. The van der Waals surface area contributed by atoms with Gasteiger partial charge in [-0.3, -0.25) is 15.2 Å². The van der Waals surface area contributed by atoms with Crippen LogP contribution in [-0.2, 0) is 6.42 Å². The Morgan fingerprint density at radius 3 is 2.94 bits per heavy atom. The molecule has 1 heterocycles. The summed E-state index contributed by atoms with van der Waals surface area (Å²) in [6.45, 7) is 0. The average Bonchev–Trinajstić information content (AvgIpc) is 2.41. The van der Waals surface area contributed by atoms with E-state index in [0.717, 1.165) is 11.3 Å². The first-order valence-corrected chi connectivity index (χ1v) is 5.28. The lowest BCUT2D eigenvalue weighted by Crippen LogP contribution is -2.21. The van der Waals surface area contributed by atoms with Crippen molar-refractivity contribution in [1.82, 2.24) is 15.2 Å². The highest BCUT2D eigenvalue weighted by Crippen LogP contribution is 2.13. The van der Waals surface area contributed by atoms with Crippen molar-refractivity contribution in [3.8, 4) is 5.75 Å². The zero-order valence-electron chi connectivity index (χ0n) is 9.80. The number of nitrogens with one attached hydrogen (secondary N) is 2. The molecule has 0 saturated carbocycles. The average molecular weight is 247 g/mol. The third kappa shape index (κ3) is 2.64. The number of hydrogen-bond donors (Lipinski definition) is 3. The number of anilines is 1. The second kappa shape index (κ2) is 5.28. The number of H-pyrrole nitrogens is 1. The molecule has 1 aromatic carbocycles. The fourth-order valence-electron chi connectivity index (χ4n) is 1.52. The summed E-state index contributed by atoms with van der Waals surface area (Å²) in [6, 6.07) is 7.42. The van der Waals surface area contributed by atoms with Crippen LogP contribution in [0.4, 0.5) is 5.95 Å². The zero-order valence-corrected chi connectivity index (χ0v) is 9.80. The first-order chi connectivity index (χ1) is 8.72. The van der Waals surface area contributed by atoms with Gasteiger partial charge < -0.3 is 4.74 Å². The lowest BCUT2D eigenvalue weighted by atomic mass is 10.1. The van der Waals surface area contributed by atoms with E-state index in [9.17, 15) is 4.79 Å². The highest BCUT2D eigenvalue weighted by molar-refractivity contribution is 5.31. The number of methoxy groups -OCH3 is 1. The number of ether oxygens (including phenoxy) is 1. The van der Waals surface area contributed by atoms with Crippen molar-refractivity contribution in [3.05, 3.63) is 45.9 Å². The quantitative estimate of drug-likeness (QED) is 0.520. The fourth-order valence-corrected chi connectivity index (χ4v) is 1.52. The van der Waals surface area contributed by atoms with Crippen LogP contribution >= 0.6 is 0 Å². The van der Waals surface area contributed by atoms with Gasteiger partial charge >= 0.3 is 0 Å². The van der Waals surface area contributed by atoms with Gasteiger partial charge in [-0.25, -0.2) is 5.84 Å². The maximum atomic E-state index is 11.7. The smallest absolute Gasteiger partial charge is 0.274 e. The van der Waals surface area contributed by atoms with Crippen molar-refractivity contribution >= 4 is 5.95 Å². The number of aromatic nitrogens is 3. The van der Waals surface area contributed by atoms with Crippen LogP contribution < -0.4 is 21.6 Å². The van der Waals surface area contributed by atoms with Crippen LogP contribution in [0.5, 0.6) is 5.75 Å². The van der Waals surface area contributed by atoms with Crippen LogP contribution in [0, 0.1) is 0 Å². The molecule has 18 heavy (non-hydrogen) atoms. The van der Waals surface area contributed by atoms with Crippen LogP contribution in [0.25, 0.3) is 0 Å². The second-order valence-electron chi connectivity index (χ2n) is 3.62. The van der Waals surface area contributed by atoms with Crippen molar-refractivity contribution in [3.63, 3.8) is 0 Å². The van der Waals surface area contributed by atoms with Gasteiger partial charge in [0.05, 0.1) is 7.11 Å². The van der Waals surface area contributed by atoms with Gasteiger partial charge in [-0.2, -0.15) is 0 Å². The summed E-state index contributed by atoms with van der Waals surface area (Å²) in [7, 11) is 1.59. The van der Waals surface area contributed by atoms with Gasteiger partial charge in [-0.05, 0) is 17.7 Å². The van der Waals surface area contributed by atoms with Gasteiger partial charge in [0, 0.05) is 6.42 Å². The molecule has 7 nitrogen and oxygen atoms in total. The molecule has 0 atom stereocenters. The van der Waals surface area contributed by atoms with Gasteiger partial charge in [-0.1, -0.05) is 12.1 Å². The maximum Gasteiger partial charge on any atom is 0.274 e. The molecule has 0 unspecified atom stereocenters. The summed E-state index contributed by atoms with van der Waals surface area (Å²) in [4.78, 5) is 14.2. The highest BCUT2D eigenvalue weighted by Gasteiger charge is 2.06.